The molecule has 0 saturated carbocycles. The second kappa shape index (κ2) is 72.8. The number of nitrogens with one attached hydrogen (secondary N) is 7. The van der Waals surface area contributed by atoms with E-state index in [0.29, 0.717) is 0 Å². The fourth-order valence-electron chi connectivity index (χ4n) is 12.6. The van der Waals surface area contributed by atoms with Crippen molar-refractivity contribution >= 4 is 121 Å². The lowest BCUT2D eigenvalue weighted by molar-refractivity contribution is 1.16. The van der Waals surface area contributed by atoms with Gasteiger partial charge >= 0.3 is 0 Å². The summed E-state index contributed by atoms with van der Waals surface area (Å²) >= 11 is 0. The number of pyridine rings is 5. The molecule has 10 aromatic carbocycles. The summed E-state index contributed by atoms with van der Waals surface area (Å²) in [5, 5.41) is 18.8. The fourth-order valence-corrected chi connectivity index (χ4v) is 12.6. The van der Waals surface area contributed by atoms with E-state index in [1.807, 2.05) is 372 Å². The summed E-state index contributed by atoms with van der Waals surface area (Å²) in [5.74, 6) is 0. The van der Waals surface area contributed by atoms with Crippen molar-refractivity contribution < 1.29 is 0 Å². The minimum Gasteiger partial charge on any atom is -0.356 e. The van der Waals surface area contributed by atoms with E-state index < -0.39 is 0 Å². The van der Waals surface area contributed by atoms with E-state index in [0.717, 1.165) is 56.4 Å². The molecule has 2 aliphatic rings. The first-order valence-electron chi connectivity index (χ1n) is 47.5. The average Bonchev–Trinajstić information content (AvgIpc) is 1.68. The molecule has 0 bridgehead atoms. The average molecular weight is 1720 g/mol. The molecule has 12 nitrogen and oxygen atoms in total. The first-order chi connectivity index (χ1) is 63.6. The molecule has 0 radical (unpaired) electrons. The number of aromatic nitrogens is 9. The van der Waals surface area contributed by atoms with Crippen LogP contribution in [0.3, 0.4) is 0 Å². The second-order valence-electron chi connectivity index (χ2n) is 23.5. The second-order valence-corrected chi connectivity index (χ2v) is 23.5. The lowest BCUT2D eigenvalue weighted by Crippen LogP contribution is -2.05. The minimum absolute atomic E-state index is 1.04. The van der Waals surface area contributed by atoms with E-state index in [2.05, 4.69) is 225 Å². The summed E-state index contributed by atoms with van der Waals surface area (Å²) in [5.41, 5.74) is 24.9. The Morgan fingerprint density at radius 2 is 0.461 bits per heavy atom. The van der Waals surface area contributed by atoms with E-state index in [4.69, 9.17) is 0 Å². The number of benzene rings is 10. The minimum atomic E-state index is 1.04. The largest absolute Gasteiger partial charge is 0.356 e. The Kier molecular flexibility index (Phi) is 65.2. The van der Waals surface area contributed by atoms with Gasteiger partial charge in [0.25, 0.3) is 0 Å². The van der Waals surface area contributed by atoms with E-state index >= 15 is 0 Å². The van der Waals surface area contributed by atoms with Crippen molar-refractivity contribution in [2.45, 2.75) is 214 Å². The zero-order chi connectivity index (χ0) is 95.7. The zero-order valence-electron chi connectivity index (χ0n) is 83.4. The molecule has 128 heavy (non-hydrogen) atoms. The number of hydrogen-bond acceptors (Lipinski definition) is 8. The molecule has 2 aliphatic heterocycles. The van der Waals surface area contributed by atoms with Gasteiger partial charge in [0.15, 0.2) is 0 Å². The molecule has 21 rings (SSSR count). The van der Waals surface area contributed by atoms with E-state index in [-0.39, 0.29) is 0 Å². The molecule has 680 valence electrons. The van der Waals surface area contributed by atoms with Crippen molar-refractivity contribution in [2.75, 3.05) is 16.0 Å². The van der Waals surface area contributed by atoms with Gasteiger partial charge < -0.3 is 35.9 Å². The van der Waals surface area contributed by atoms with Crippen LogP contribution in [0.5, 0.6) is 0 Å². The number of H-pyrrole nitrogens is 4. The van der Waals surface area contributed by atoms with Crippen LogP contribution in [0.2, 0.25) is 0 Å². The Morgan fingerprint density at radius 1 is 0.195 bits per heavy atom. The summed E-state index contributed by atoms with van der Waals surface area (Å²) in [6, 6.07) is 99.5. The molecule has 0 fully saturated rings. The maximum atomic E-state index is 4.34. The molecule has 12 heteroatoms. The lowest BCUT2D eigenvalue weighted by Gasteiger charge is -2.20. The number of aromatic amines is 4. The molecular weight excluding hydrogens is 1560 g/mol. The summed E-state index contributed by atoms with van der Waals surface area (Å²) in [6.45, 7) is 60.0. The van der Waals surface area contributed by atoms with Crippen LogP contribution in [0.4, 0.5) is 34.1 Å². The first-order valence-corrected chi connectivity index (χ1v) is 47.5. The number of rotatable bonds is 2. The number of para-hydroxylation sites is 9. The molecule has 19 aromatic rings. The molecule has 0 unspecified atom stereocenters. The Hall–Kier alpha value is -13.5. The van der Waals surface area contributed by atoms with Gasteiger partial charge in [0, 0.05) is 149 Å². The smallest absolute Gasteiger partial charge is 0.0957 e. The van der Waals surface area contributed by atoms with Gasteiger partial charge in [0.05, 0.1) is 46.2 Å². The molecule has 9 aromatic heterocycles. The normalized spacial score (nSPS) is 9.27. The van der Waals surface area contributed by atoms with Crippen molar-refractivity contribution in [3.63, 3.8) is 0 Å². The molecule has 0 saturated heterocycles. The molecule has 0 spiro atoms. The third-order valence-corrected chi connectivity index (χ3v) is 17.2. The maximum absolute atomic E-state index is 4.34. The van der Waals surface area contributed by atoms with Gasteiger partial charge in [-0.25, -0.2) is 0 Å². The van der Waals surface area contributed by atoms with Gasteiger partial charge in [-0.2, -0.15) is 0 Å². The predicted molar refractivity (Wildman–Crippen MR) is 578 cm³/mol. The number of fused-ring (bicyclic) bond motifs is 19. The lowest BCUT2D eigenvalue weighted by atomic mass is 9.95. The molecular formula is C116H156N12. The number of nitrogens with zero attached hydrogens (tertiary/aromatic N) is 5. The maximum Gasteiger partial charge on any atom is 0.0957 e. The monoisotopic (exact) mass is 1720 g/mol. The van der Waals surface area contributed by atoms with Crippen molar-refractivity contribution in [1.29, 1.82) is 0 Å². The Balaban J connectivity index is 0.00000140. The fraction of sp³-hybridized carbons (Fsp3) is 0.267. The van der Waals surface area contributed by atoms with Crippen LogP contribution in [0, 0.1) is 0 Å². The van der Waals surface area contributed by atoms with Crippen LogP contribution in [0.15, 0.2) is 347 Å². The Labute approximate surface area is 771 Å². The van der Waals surface area contributed by atoms with Crippen LogP contribution in [0.1, 0.15) is 219 Å². The SMILES string of the molecule is CC.CC.CC.CC.CC.CC.CC.CC.CC.CC.CC.CC.CC.CC.CC.c1cc2c(cn1)[nH]c1cnccc12.c1ccc(Nc2ccccc2)cc1.c1ccc2c(c1)Cc1ccccc1N2.c1ccc2c(c1)Nc1ccccc1-c1ccccc1-2.c1ccc2c(c1)[nH]c1cccnc12.c1ccc2c(c1)[nH]c1ccncc12.c1ccc2c(c1)[nH]c1cnccc12. The van der Waals surface area contributed by atoms with Gasteiger partial charge in [-0.15, -0.1) is 0 Å². The number of anilines is 6. The third kappa shape index (κ3) is 34.5. The van der Waals surface area contributed by atoms with Crippen LogP contribution < -0.4 is 16.0 Å². The first kappa shape index (κ1) is 115. The molecule has 7 N–H and O–H groups in total. The van der Waals surface area contributed by atoms with Crippen LogP contribution in [-0.4, -0.2) is 44.9 Å². The topological polar surface area (TPSA) is 164 Å². The highest BCUT2D eigenvalue weighted by atomic mass is 14.9. The Morgan fingerprint density at radius 3 is 0.875 bits per heavy atom. The van der Waals surface area contributed by atoms with Gasteiger partial charge in [0.1, 0.15) is 0 Å². The highest BCUT2D eigenvalue weighted by Crippen LogP contribution is 2.44. The zero-order valence-corrected chi connectivity index (χ0v) is 83.4. The van der Waals surface area contributed by atoms with Crippen LogP contribution in [-0.2, 0) is 6.42 Å². The van der Waals surface area contributed by atoms with E-state index in [1.54, 1.807) is 18.6 Å². The molecule has 0 aliphatic carbocycles. The summed E-state index contributed by atoms with van der Waals surface area (Å²) in [6.07, 6.45) is 17.5. The van der Waals surface area contributed by atoms with Crippen molar-refractivity contribution in [2.24, 2.45) is 0 Å². The van der Waals surface area contributed by atoms with Crippen LogP contribution >= 0.6 is 0 Å². The summed E-state index contributed by atoms with van der Waals surface area (Å²) in [7, 11) is 0. The van der Waals surface area contributed by atoms with Gasteiger partial charge in [-0.05, 0) is 125 Å². The highest BCUT2D eigenvalue weighted by Gasteiger charge is 2.18. The summed E-state index contributed by atoms with van der Waals surface area (Å²) < 4.78 is 0. The third-order valence-electron chi connectivity index (χ3n) is 17.2. The van der Waals surface area contributed by atoms with E-state index in [9.17, 15) is 0 Å². The molecule has 0 amide bonds. The van der Waals surface area contributed by atoms with Gasteiger partial charge in [-0.3, -0.25) is 24.9 Å². The van der Waals surface area contributed by atoms with Crippen molar-refractivity contribution in [3.8, 4) is 22.3 Å². The quantitative estimate of drug-likeness (QED) is 0.0899. The van der Waals surface area contributed by atoms with Crippen molar-refractivity contribution in [3.05, 3.63) is 358 Å². The van der Waals surface area contributed by atoms with E-state index in [1.165, 1.54) is 105 Å². The predicted octanol–water partition coefficient (Wildman–Crippen LogP) is 37.5. The Bertz CT molecular complexity index is 5070. The summed E-state index contributed by atoms with van der Waals surface area (Å²) in [4.78, 5) is 33.9. The number of hydrogen-bond donors (Lipinski definition) is 7. The molecule has 0 atom stereocenters. The van der Waals surface area contributed by atoms with Crippen molar-refractivity contribution in [1.82, 2.24) is 44.9 Å². The van der Waals surface area contributed by atoms with Gasteiger partial charge in [-0.1, -0.05) is 396 Å². The molecule has 11 heterocycles. The standard InChI is InChI=1S/C18H13N.C13H11N.C12H11N.3C11H8N2.C10H7N3.15C2H6/c1-2-8-14-13(7-1)15-9-3-5-11-17(15)19-18-12-6-4-10-16(14)18;1-3-7-12-10(5-1)9-11-6-2-4-8-13(11)14-12;1-3-7-11(8-4-1)13-12-9-5-2-6-10-12;1-2-5-9-8(4-1)11-10(13-9)6-3-7-12-11;1-2-4-10-8(3-1)9-7-12-6-5-11(9)13-10;1-2-4-10-8(3-1)9-5-6-12-7-11(9)13-10;1-3-11-5-9-7(1)8-2-4-12-6-10(8)13-9;15*1-2/h1-12,19H;1-8,14H,9H2;1-10,13H;3*1-7,13H;1-6,13H;15*1-2H3. The van der Waals surface area contributed by atoms with Crippen LogP contribution in [0.25, 0.3) is 110 Å². The van der Waals surface area contributed by atoms with Gasteiger partial charge in [0.2, 0.25) is 0 Å². The highest BCUT2D eigenvalue weighted by molar-refractivity contribution is 6.09.